The molecular formula is C12H12F3NO2. The van der Waals surface area contributed by atoms with E-state index in [2.05, 4.69) is 0 Å². The molecule has 0 saturated carbocycles. The van der Waals surface area contributed by atoms with Gasteiger partial charge in [0.25, 0.3) is 0 Å². The topological polar surface area (TPSA) is 52.3 Å². The van der Waals surface area contributed by atoms with Gasteiger partial charge in [-0.05, 0) is 24.6 Å². The summed E-state index contributed by atoms with van der Waals surface area (Å²) >= 11 is 0. The Morgan fingerprint density at radius 1 is 1.33 bits per heavy atom. The highest BCUT2D eigenvalue weighted by Gasteiger charge is 2.29. The van der Waals surface area contributed by atoms with Crippen molar-refractivity contribution in [3.8, 4) is 0 Å². The molecule has 1 rings (SSSR count). The van der Waals surface area contributed by atoms with E-state index in [1.165, 1.54) is 19.1 Å². The summed E-state index contributed by atoms with van der Waals surface area (Å²) in [6, 6.07) is 4.39. The van der Waals surface area contributed by atoms with E-state index < -0.39 is 17.7 Å². The summed E-state index contributed by atoms with van der Waals surface area (Å²) in [4.78, 5) is 11.1. The molecule has 3 nitrogen and oxygen atoms in total. The molecule has 0 aliphatic carbocycles. The molecule has 0 amide bonds. The van der Waals surface area contributed by atoms with Crippen molar-refractivity contribution in [1.82, 2.24) is 0 Å². The number of halogens is 3. The predicted molar refractivity (Wildman–Crippen MR) is 59.2 cm³/mol. The third-order valence-corrected chi connectivity index (χ3v) is 2.01. The van der Waals surface area contributed by atoms with Gasteiger partial charge in [0.05, 0.1) is 5.56 Å². The van der Waals surface area contributed by atoms with Crippen LogP contribution >= 0.6 is 0 Å². The van der Waals surface area contributed by atoms with Crippen molar-refractivity contribution in [2.24, 2.45) is 5.73 Å². The maximum absolute atomic E-state index is 12.3. The molecular weight excluding hydrogens is 247 g/mol. The lowest BCUT2D eigenvalue weighted by molar-refractivity contribution is -0.139. The fraction of sp³-hybridized carbons (Fsp3) is 0.250. The fourth-order valence-electron chi connectivity index (χ4n) is 1.17. The zero-order chi connectivity index (χ0) is 13.8. The largest absolute Gasteiger partial charge is 0.458 e. The third kappa shape index (κ3) is 4.48. The first-order valence-electron chi connectivity index (χ1n) is 5.05. The van der Waals surface area contributed by atoms with Crippen molar-refractivity contribution in [3.05, 3.63) is 47.2 Å². The zero-order valence-electron chi connectivity index (χ0n) is 9.62. The standard InChI is InChI=1S/C12H12F3NO2/c1-8(16)6-11(17)18-7-9-2-4-10(5-3-9)12(13,14)15/h2-6H,7,16H2,1H3/b8-6-. The summed E-state index contributed by atoms with van der Waals surface area (Å²) in [7, 11) is 0. The summed E-state index contributed by atoms with van der Waals surface area (Å²) < 4.78 is 41.6. The molecule has 1 aromatic carbocycles. The number of carbonyl (C=O) groups excluding carboxylic acids is 1. The molecule has 2 N–H and O–H groups in total. The molecule has 98 valence electrons. The second-order valence-corrected chi connectivity index (χ2v) is 3.69. The summed E-state index contributed by atoms with van der Waals surface area (Å²) in [5, 5.41) is 0. The number of carbonyl (C=O) groups is 1. The van der Waals surface area contributed by atoms with Crippen molar-refractivity contribution in [2.45, 2.75) is 19.7 Å². The van der Waals surface area contributed by atoms with Gasteiger partial charge < -0.3 is 10.5 Å². The van der Waals surface area contributed by atoms with E-state index in [4.69, 9.17) is 10.5 Å². The molecule has 1 aromatic rings. The summed E-state index contributed by atoms with van der Waals surface area (Å²) in [6.07, 6.45) is -3.27. The van der Waals surface area contributed by atoms with Crippen molar-refractivity contribution in [3.63, 3.8) is 0 Å². The number of nitrogens with two attached hydrogens (primary N) is 1. The number of rotatable bonds is 3. The molecule has 0 fully saturated rings. The lowest BCUT2D eigenvalue weighted by Gasteiger charge is -2.07. The highest BCUT2D eigenvalue weighted by Crippen LogP contribution is 2.29. The minimum atomic E-state index is -4.37. The highest BCUT2D eigenvalue weighted by molar-refractivity contribution is 5.82. The molecule has 0 aromatic heterocycles. The normalized spacial score (nSPS) is 12.3. The Morgan fingerprint density at radius 2 is 1.89 bits per heavy atom. The van der Waals surface area contributed by atoms with Gasteiger partial charge in [-0.25, -0.2) is 4.79 Å². The van der Waals surface area contributed by atoms with E-state index >= 15 is 0 Å². The first kappa shape index (κ1) is 14.1. The minimum Gasteiger partial charge on any atom is -0.458 e. The van der Waals surface area contributed by atoms with Crippen molar-refractivity contribution >= 4 is 5.97 Å². The molecule has 0 atom stereocenters. The monoisotopic (exact) mass is 259 g/mol. The van der Waals surface area contributed by atoms with Crippen molar-refractivity contribution in [2.75, 3.05) is 0 Å². The van der Waals surface area contributed by atoms with Crippen LogP contribution in [-0.2, 0) is 22.3 Å². The Balaban J connectivity index is 2.60. The van der Waals surface area contributed by atoms with Crippen LogP contribution in [0.3, 0.4) is 0 Å². The van der Waals surface area contributed by atoms with Gasteiger partial charge in [-0.2, -0.15) is 13.2 Å². The molecule has 0 bridgehead atoms. The van der Waals surface area contributed by atoms with Crippen LogP contribution in [0.2, 0.25) is 0 Å². The molecule has 0 aliphatic heterocycles. The molecule has 0 spiro atoms. The van der Waals surface area contributed by atoms with Crippen LogP contribution in [-0.4, -0.2) is 5.97 Å². The number of ether oxygens (including phenoxy) is 1. The molecule has 0 heterocycles. The van der Waals surface area contributed by atoms with Gasteiger partial charge in [-0.15, -0.1) is 0 Å². The van der Waals surface area contributed by atoms with Gasteiger partial charge in [0.2, 0.25) is 0 Å². The lowest BCUT2D eigenvalue weighted by atomic mass is 10.1. The van der Waals surface area contributed by atoms with E-state index in [1.54, 1.807) is 0 Å². The van der Waals surface area contributed by atoms with Gasteiger partial charge in [0.1, 0.15) is 6.61 Å². The molecule has 0 aliphatic rings. The predicted octanol–water partition coefficient (Wildman–Crippen LogP) is 2.61. The van der Waals surface area contributed by atoms with Crippen LogP contribution in [0.15, 0.2) is 36.0 Å². The Morgan fingerprint density at radius 3 is 2.33 bits per heavy atom. The van der Waals surface area contributed by atoms with E-state index in [1.807, 2.05) is 0 Å². The van der Waals surface area contributed by atoms with E-state index in [0.29, 0.717) is 11.3 Å². The minimum absolute atomic E-state index is 0.0965. The van der Waals surface area contributed by atoms with Gasteiger partial charge in [0, 0.05) is 11.8 Å². The Kier molecular flexibility index (Phi) is 4.36. The maximum Gasteiger partial charge on any atom is 0.416 e. The Bertz CT molecular complexity index is 445. The van der Waals surface area contributed by atoms with Crippen molar-refractivity contribution in [1.29, 1.82) is 0 Å². The lowest BCUT2D eigenvalue weighted by Crippen LogP contribution is -2.06. The Labute approximate surface area is 102 Å². The van der Waals surface area contributed by atoms with Gasteiger partial charge >= 0.3 is 12.1 Å². The first-order valence-corrected chi connectivity index (χ1v) is 5.05. The number of benzene rings is 1. The highest BCUT2D eigenvalue weighted by atomic mass is 19.4. The number of esters is 1. The van der Waals surface area contributed by atoms with Crippen LogP contribution < -0.4 is 5.73 Å². The maximum atomic E-state index is 12.3. The fourth-order valence-corrected chi connectivity index (χ4v) is 1.17. The summed E-state index contributed by atoms with van der Waals surface area (Å²) in [5.41, 5.74) is 5.30. The molecule has 18 heavy (non-hydrogen) atoms. The second kappa shape index (κ2) is 5.57. The first-order chi connectivity index (χ1) is 8.29. The Hall–Kier alpha value is -1.98. The quantitative estimate of drug-likeness (QED) is 0.670. The number of hydrogen-bond acceptors (Lipinski definition) is 3. The van der Waals surface area contributed by atoms with Gasteiger partial charge in [0.15, 0.2) is 0 Å². The van der Waals surface area contributed by atoms with E-state index in [9.17, 15) is 18.0 Å². The molecule has 0 saturated heterocycles. The van der Waals surface area contributed by atoms with Crippen LogP contribution in [0.4, 0.5) is 13.2 Å². The van der Waals surface area contributed by atoms with Crippen LogP contribution in [0.1, 0.15) is 18.1 Å². The second-order valence-electron chi connectivity index (χ2n) is 3.69. The average Bonchev–Trinajstić information content (AvgIpc) is 2.25. The van der Waals surface area contributed by atoms with Crippen LogP contribution in [0.5, 0.6) is 0 Å². The summed E-state index contributed by atoms with van der Waals surface area (Å²) in [5.74, 6) is -0.630. The number of hydrogen-bond donors (Lipinski definition) is 1. The SMILES string of the molecule is C/C(N)=C/C(=O)OCc1ccc(C(F)(F)F)cc1. The van der Waals surface area contributed by atoms with E-state index in [-0.39, 0.29) is 6.61 Å². The van der Waals surface area contributed by atoms with E-state index in [0.717, 1.165) is 18.2 Å². The molecule has 0 unspecified atom stereocenters. The number of alkyl halides is 3. The third-order valence-electron chi connectivity index (χ3n) is 2.01. The smallest absolute Gasteiger partial charge is 0.416 e. The van der Waals surface area contributed by atoms with Crippen LogP contribution in [0.25, 0.3) is 0 Å². The molecule has 6 heteroatoms. The van der Waals surface area contributed by atoms with Crippen molar-refractivity contribution < 1.29 is 22.7 Å². The summed E-state index contributed by atoms with van der Waals surface area (Å²) in [6.45, 7) is 1.43. The average molecular weight is 259 g/mol. The number of allylic oxidation sites excluding steroid dienone is 1. The van der Waals surface area contributed by atoms with Gasteiger partial charge in [-0.1, -0.05) is 12.1 Å². The van der Waals surface area contributed by atoms with Gasteiger partial charge in [-0.3, -0.25) is 0 Å². The molecule has 0 radical (unpaired) electrons. The zero-order valence-corrected chi connectivity index (χ0v) is 9.62. The van der Waals surface area contributed by atoms with Crippen LogP contribution in [0, 0.1) is 0 Å².